The van der Waals surface area contributed by atoms with Gasteiger partial charge in [-0.3, -0.25) is 9.59 Å². The first-order valence-corrected chi connectivity index (χ1v) is 7.08. The van der Waals surface area contributed by atoms with Gasteiger partial charge in [0.15, 0.2) is 0 Å². The van der Waals surface area contributed by atoms with Gasteiger partial charge in [0.25, 0.3) is 0 Å². The highest BCUT2D eigenvalue weighted by molar-refractivity contribution is 5.85. The minimum Gasteiger partial charge on any atom is -0.481 e. The minimum absolute atomic E-state index is 0.0477. The minimum atomic E-state index is -0.780. The van der Waals surface area contributed by atoms with Crippen LogP contribution in [-0.4, -0.2) is 34.5 Å². The summed E-state index contributed by atoms with van der Waals surface area (Å²) in [5.74, 6) is -0.732. The predicted molar refractivity (Wildman–Crippen MR) is 68.2 cm³/mol. The molecule has 4 heteroatoms. The number of hydrogen-bond donors (Lipinski definition) is 1. The molecule has 0 aromatic carbocycles. The molecule has 4 nitrogen and oxygen atoms in total. The highest BCUT2D eigenvalue weighted by Gasteiger charge is 2.44. The van der Waals surface area contributed by atoms with E-state index in [1.807, 2.05) is 4.90 Å². The van der Waals surface area contributed by atoms with E-state index in [4.69, 9.17) is 0 Å². The first-order chi connectivity index (χ1) is 8.55. The lowest BCUT2D eigenvalue weighted by Gasteiger charge is -2.35. The van der Waals surface area contributed by atoms with Crippen LogP contribution < -0.4 is 0 Å². The number of carboxylic acids is 1. The molecular weight excluding hydrogens is 230 g/mol. The largest absolute Gasteiger partial charge is 0.481 e. The van der Waals surface area contributed by atoms with Crippen LogP contribution in [0.15, 0.2) is 0 Å². The number of rotatable bonds is 3. The second-order valence-electron chi connectivity index (χ2n) is 5.90. The van der Waals surface area contributed by atoms with Crippen LogP contribution in [0.1, 0.15) is 58.3 Å². The van der Waals surface area contributed by atoms with E-state index >= 15 is 0 Å². The van der Waals surface area contributed by atoms with E-state index in [-0.39, 0.29) is 18.4 Å². The highest BCUT2D eigenvalue weighted by atomic mass is 16.4. The van der Waals surface area contributed by atoms with Crippen molar-refractivity contribution in [1.29, 1.82) is 0 Å². The Labute approximate surface area is 108 Å². The van der Waals surface area contributed by atoms with Gasteiger partial charge in [-0.05, 0) is 39.0 Å². The monoisotopic (exact) mass is 253 g/mol. The second-order valence-corrected chi connectivity index (χ2v) is 5.90. The van der Waals surface area contributed by atoms with E-state index < -0.39 is 11.4 Å². The van der Waals surface area contributed by atoms with Gasteiger partial charge >= 0.3 is 5.97 Å². The molecule has 1 saturated heterocycles. The number of hydrogen-bond acceptors (Lipinski definition) is 2. The average molecular weight is 253 g/mol. The summed E-state index contributed by atoms with van der Waals surface area (Å²) in [4.78, 5) is 25.7. The normalized spacial score (nSPS) is 27.2. The molecule has 1 N–H and O–H groups in total. The number of likely N-dealkylation sites (tertiary alicyclic amines) is 1. The molecule has 0 aromatic heterocycles. The summed E-state index contributed by atoms with van der Waals surface area (Å²) in [7, 11) is 0. The van der Waals surface area contributed by atoms with Crippen LogP contribution in [-0.2, 0) is 9.59 Å². The molecule has 0 radical (unpaired) electrons. The molecule has 1 saturated carbocycles. The van der Waals surface area contributed by atoms with Gasteiger partial charge < -0.3 is 10.0 Å². The van der Waals surface area contributed by atoms with Crippen LogP contribution in [0.5, 0.6) is 0 Å². The fourth-order valence-electron chi connectivity index (χ4n) is 3.38. The summed E-state index contributed by atoms with van der Waals surface area (Å²) in [5.41, 5.74) is -0.770. The van der Waals surface area contributed by atoms with Gasteiger partial charge in [-0.25, -0.2) is 0 Å². The van der Waals surface area contributed by atoms with Crippen molar-refractivity contribution in [3.63, 3.8) is 0 Å². The second kappa shape index (κ2) is 5.29. The number of carboxylic acid groups (broad SMARTS) is 1. The molecule has 2 fully saturated rings. The third-order valence-corrected chi connectivity index (χ3v) is 4.63. The predicted octanol–water partition coefficient (Wildman–Crippen LogP) is 2.42. The summed E-state index contributed by atoms with van der Waals surface area (Å²) in [6.45, 7) is 2.87. The zero-order valence-electron chi connectivity index (χ0n) is 11.2. The topological polar surface area (TPSA) is 57.6 Å². The SMILES string of the molecule is C[C@H]1CCCCN1C(=O)CC1(C(=O)O)CCCC1. The number of piperidine rings is 1. The highest BCUT2D eigenvalue weighted by Crippen LogP contribution is 2.42. The lowest BCUT2D eigenvalue weighted by Crippen LogP contribution is -2.45. The summed E-state index contributed by atoms with van der Waals surface area (Å²) in [5, 5.41) is 9.41. The molecular formula is C14H23NO3. The van der Waals surface area contributed by atoms with Gasteiger partial charge in [0, 0.05) is 19.0 Å². The van der Waals surface area contributed by atoms with Crippen molar-refractivity contribution < 1.29 is 14.7 Å². The van der Waals surface area contributed by atoms with Crippen molar-refractivity contribution >= 4 is 11.9 Å². The summed E-state index contributed by atoms with van der Waals surface area (Å²) in [6, 6.07) is 0.276. The number of nitrogens with zero attached hydrogens (tertiary/aromatic N) is 1. The van der Waals surface area contributed by atoms with Crippen LogP contribution >= 0.6 is 0 Å². The number of carbonyl (C=O) groups excluding carboxylic acids is 1. The summed E-state index contributed by atoms with van der Waals surface area (Å²) < 4.78 is 0. The van der Waals surface area contributed by atoms with Crippen molar-refractivity contribution in [1.82, 2.24) is 4.90 Å². The van der Waals surface area contributed by atoms with Crippen molar-refractivity contribution in [2.75, 3.05) is 6.54 Å². The van der Waals surface area contributed by atoms with Crippen molar-refractivity contribution in [3.05, 3.63) is 0 Å². The fourth-order valence-corrected chi connectivity index (χ4v) is 3.38. The molecule has 1 amide bonds. The van der Waals surface area contributed by atoms with Gasteiger partial charge in [0.05, 0.1) is 5.41 Å². The number of carbonyl (C=O) groups is 2. The van der Waals surface area contributed by atoms with E-state index in [1.165, 1.54) is 6.42 Å². The smallest absolute Gasteiger partial charge is 0.310 e. The zero-order chi connectivity index (χ0) is 13.2. The molecule has 0 aromatic rings. The van der Waals surface area contributed by atoms with Crippen LogP contribution in [0, 0.1) is 5.41 Å². The Morgan fingerprint density at radius 1 is 1.22 bits per heavy atom. The molecule has 102 valence electrons. The van der Waals surface area contributed by atoms with E-state index in [0.29, 0.717) is 12.8 Å². The maximum Gasteiger partial charge on any atom is 0.310 e. The van der Waals surface area contributed by atoms with Gasteiger partial charge in [0.2, 0.25) is 5.91 Å². The molecule has 1 heterocycles. The Bertz CT molecular complexity index is 334. The summed E-state index contributed by atoms with van der Waals surface area (Å²) in [6.07, 6.45) is 6.68. The van der Waals surface area contributed by atoms with E-state index in [9.17, 15) is 14.7 Å². The lowest BCUT2D eigenvalue weighted by molar-refractivity contribution is -0.154. The first-order valence-electron chi connectivity index (χ1n) is 7.08. The van der Waals surface area contributed by atoms with E-state index in [1.54, 1.807) is 0 Å². The van der Waals surface area contributed by atoms with E-state index in [0.717, 1.165) is 32.2 Å². The Morgan fingerprint density at radius 2 is 1.89 bits per heavy atom. The number of aliphatic carboxylic acids is 1. The Kier molecular flexibility index (Phi) is 3.93. The lowest BCUT2D eigenvalue weighted by atomic mass is 9.82. The van der Waals surface area contributed by atoms with Crippen LogP contribution in [0.2, 0.25) is 0 Å². The maximum atomic E-state index is 12.3. The van der Waals surface area contributed by atoms with Gasteiger partial charge in [0.1, 0.15) is 0 Å². The first kappa shape index (κ1) is 13.4. The Morgan fingerprint density at radius 3 is 2.44 bits per heavy atom. The zero-order valence-corrected chi connectivity index (χ0v) is 11.2. The van der Waals surface area contributed by atoms with E-state index in [2.05, 4.69) is 6.92 Å². The quantitative estimate of drug-likeness (QED) is 0.840. The molecule has 0 unspecified atom stereocenters. The summed E-state index contributed by atoms with van der Waals surface area (Å²) >= 11 is 0. The van der Waals surface area contributed by atoms with Gasteiger partial charge in [-0.15, -0.1) is 0 Å². The molecule has 1 atom stereocenters. The molecule has 2 rings (SSSR count). The Hall–Kier alpha value is -1.06. The molecule has 1 aliphatic carbocycles. The third-order valence-electron chi connectivity index (χ3n) is 4.63. The molecule has 0 bridgehead atoms. The molecule has 1 aliphatic heterocycles. The molecule has 2 aliphatic rings. The van der Waals surface area contributed by atoms with Gasteiger partial charge in [-0.1, -0.05) is 12.8 Å². The van der Waals surface area contributed by atoms with Crippen LogP contribution in [0.3, 0.4) is 0 Å². The molecule has 0 spiro atoms. The fraction of sp³-hybridized carbons (Fsp3) is 0.857. The van der Waals surface area contributed by atoms with Crippen molar-refractivity contribution in [3.8, 4) is 0 Å². The van der Waals surface area contributed by atoms with Crippen molar-refractivity contribution in [2.45, 2.75) is 64.3 Å². The van der Waals surface area contributed by atoms with Crippen molar-refractivity contribution in [2.24, 2.45) is 5.41 Å². The van der Waals surface area contributed by atoms with Crippen LogP contribution in [0.25, 0.3) is 0 Å². The Balaban J connectivity index is 2.03. The average Bonchev–Trinajstić information content (AvgIpc) is 2.79. The van der Waals surface area contributed by atoms with Crippen LogP contribution in [0.4, 0.5) is 0 Å². The standard InChI is InChI=1S/C14H23NO3/c1-11-6-2-5-9-15(11)12(16)10-14(13(17)18)7-3-4-8-14/h11H,2-10H2,1H3,(H,17,18)/t11-/m0/s1. The van der Waals surface area contributed by atoms with Gasteiger partial charge in [-0.2, -0.15) is 0 Å². The maximum absolute atomic E-state index is 12.3. The third kappa shape index (κ3) is 2.52. The molecule has 18 heavy (non-hydrogen) atoms. The number of amides is 1.